The summed E-state index contributed by atoms with van der Waals surface area (Å²) in [4.78, 5) is 29.7. The van der Waals surface area contributed by atoms with E-state index in [4.69, 9.17) is 11.6 Å². The number of halogens is 1. The van der Waals surface area contributed by atoms with E-state index in [9.17, 15) is 14.4 Å². The van der Waals surface area contributed by atoms with Crippen LogP contribution in [0.15, 0.2) is 0 Å². The summed E-state index contributed by atoms with van der Waals surface area (Å²) in [6.07, 6.45) is -0.941. The van der Waals surface area contributed by atoms with Gasteiger partial charge in [-0.2, -0.15) is 0 Å². The second-order valence-electron chi connectivity index (χ2n) is 4.11. The third-order valence-electron chi connectivity index (χ3n) is 1.21. The molecule has 0 aromatic rings. The third-order valence-corrected chi connectivity index (χ3v) is 1.32. The molecule has 0 aliphatic carbocycles. The zero-order valence-corrected chi connectivity index (χ0v) is 11.7. The fourth-order valence-electron chi connectivity index (χ4n) is 0.540. The Morgan fingerprint density at radius 1 is 1.06 bits per heavy atom. The van der Waals surface area contributed by atoms with Crippen molar-refractivity contribution in [1.82, 2.24) is 0 Å². The molecule has 0 spiro atoms. The van der Waals surface area contributed by atoms with Gasteiger partial charge in [0.1, 0.15) is 0 Å². The van der Waals surface area contributed by atoms with Gasteiger partial charge in [-0.15, -0.1) is 0 Å². The number of carbonyl (C=O) groups is 3. The first-order chi connectivity index (χ1) is 8.29. The number of hydrogen-bond acceptors (Lipinski definition) is 6. The van der Waals surface area contributed by atoms with Crippen LogP contribution in [0, 0.1) is 11.8 Å². The van der Waals surface area contributed by atoms with Crippen molar-refractivity contribution in [3.8, 4) is 0 Å². The molecule has 0 radical (unpaired) electrons. The Kier molecular flexibility index (Phi) is 12.9. The number of hydrogen-bond donors (Lipinski definition) is 0. The van der Waals surface area contributed by atoms with Gasteiger partial charge in [0.05, 0.1) is 13.2 Å². The van der Waals surface area contributed by atoms with Crippen LogP contribution in [0.3, 0.4) is 0 Å². The van der Waals surface area contributed by atoms with E-state index in [1.807, 2.05) is 27.7 Å². The lowest BCUT2D eigenvalue weighted by Crippen LogP contribution is -2.10. The topological polar surface area (TPSA) is 78.9 Å². The van der Waals surface area contributed by atoms with E-state index in [1.54, 1.807) is 0 Å². The maximum Gasteiger partial charge on any atom is 0.515 e. The van der Waals surface area contributed by atoms with Gasteiger partial charge in [0, 0.05) is 11.6 Å². The normalized spacial score (nSPS) is 9.28. The van der Waals surface area contributed by atoms with Crippen LogP contribution in [-0.4, -0.2) is 31.3 Å². The molecule has 0 N–H and O–H groups in total. The maximum absolute atomic E-state index is 10.3. The summed E-state index contributed by atoms with van der Waals surface area (Å²) in [5, 5.41) is 0. The molecule has 0 aliphatic heterocycles. The molecule has 0 aromatic carbocycles. The molecule has 0 aliphatic rings. The summed E-state index contributed by atoms with van der Waals surface area (Å²) in [7, 11) is 0. The van der Waals surface area contributed by atoms with E-state index >= 15 is 0 Å². The first-order valence-corrected chi connectivity index (χ1v) is 5.76. The standard InChI is InChI=1S/C6H10O4.C5H9ClO2/c1-5(2)3-9-6(8)10-4-7;1-4(2)3-8-5(6)7/h4-5H,3H2,1-2H3;4H,3H2,1-2H3. The predicted octanol–water partition coefficient (Wildman–Crippen LogP) is 2.97. The number of ether oxygens (including phenoxy) is 3. The van der Waals surface area contributed by atoms with Gasteiger partial charge in [0.15, 0.2) is 0 Å². The Morgan fingerprint density at radius 2 is 1.50 bits per heavy atom. The Balaban J connectivity index is 0. The van der Waals surface area contributed by atoms with Gasteiger partial charge in [-0.1, -0.05) is 27.7 Å². The van der Waals surface area contributed by atoms with Gasteiger partial charge in [-0.05, 0) is 11.8 Å². The lowest BCUT2D eigenvalue weighted by Gasteiger charge is -2.03. The van der Waals surface area contributed by atoms with Crippen molar-refractivity contribution in [2.75, 3.05) is 13.2 Å². The highest BCUT2D eigenvalue weighted by Gasteiger charge is 2.03. The van der Waals surface area contributed by atoms with E-state index in [1.165, 1.54) is 0 Å². The summed E-state index contributed by atoms with van der Waals surface area (Å²) < 4.78 is 12.7. The van der Waals surface area contributed by atoms with E-state index < -0.39 is 11.6 Å². The van der Waals surface area contributed by atoms with E-state index in [0.717, 1.165) is 0 Å². The molecule has 0 rings (SSSR count). The average molecular weight is 283 g/mol. The smallest absolute Gasteiger partial charge is 0.453 e. The third kappa shape index (κ3) is 20.2. The van der Waals surface area contributed by atoms with Gasteiger partial charge in [0.2, 0.25) is 0 Å². The molecule has 0 atom stereocenters. The minimum atomic E-state index is -0.941. The second kappa shape index (κ2) is 12.2. The zero-order chi connectivity index (χ0) is 14.6. The van der Waals surface area contributed by atoms with Crippen LogP contribution in [0.5, 0.6) is 0 Å². The maximum atomic E-state index is 10.3. The van der Waals surface area contributed by atoms with E-state index in [2.05, 4.69) is 14.2 Å². The fourth-order valence-corrected chi connectivity index (χ4v) is 0.603. The van der Waals surface area contributed by atoms with Crippen LogP contribution in [-0.2, 0) is 19.0 Å². The minimum Gasteiger partial charge on any atom is -0.453 e. The van der Waals surface area contributed by atoms with E-state index in [-0.39, 0.29) is 19.0 Å². The first kappa shape index (κ1) is 19.0. The largest absolute Gasteiger partial charge is 0.515 e. The molecule has 0 bridgehead atoms. The quantitative estimate of drug-likeness (QED) is 0.334. The summed E-state index contributed by atoms with van der Waals surface area (Å²) >= 11 is 4.86. The van der Waals surface area contributed by atoms with Gasteiger partial charge in [0.25, 0.3) is 0 Å². The number of rotatable bonds is 5. The molecule has 0 saturated heterocycles. The van der Waals surface area contributed by atoms with Gasteiger partial charge < -0.3 is 14.2 Å². The fraction of sp³-hybridized carbons (Fsp3) is 0.727. The van der Waals surface area contributed by atoms with Crippen LogP contribution >= 0.6 is 11.6 Å². The molecule has 7 heteroatoms. The van der Waals surface area contributed by atoms with Gasteiger partial charge in [-0.3, -0.25) is 4.79 Å². The second-order valence-corrected chi connectivity index (χ2v) is 4.42. The summed E-state index contributed by atoms with van der Waals surface area (Å²) in [5.74, 6) is 0.608. The molecule has 6 nitrogen and oxygen atoms in total. The van der Waals surface area contributed by atoms with Crippen molar-refractivity contribution in [1.29, 1.82) is 0 Å². The molecule has 0 unspecified atom stereocenters. The van der Waals surface area contributed by atoms with Crippen molar-refractivity contribution in [3.05, 3.63) is 0 Å². The summed E-state index contributed by atoms with van der Waals surface area (Å²) in [6, 6.07) is 0. The molecule has 0 heterocycles. The monoisotopic (exact) mass is 282 g/mol. The molecule has 0 saturated carbocycles. The molecular formula is C11H19ClO6. The Bertz CT molecular complexity index is 252. The van der Waals surface area contributed by atoms with Crippen molar-refractivity contribution < 1.29 is 28.6 Å². The Labute approximate surface area is 112 Å². The molecule has 0 fully saturated rings. The Hall–Kier alpha value is -1.30. The average Bonchev–Trinajstić information content (AvgIpc) is 2.25. The van der Waals surface area contributed by atoms with Gasteiger partial charge >= 0.3 is 18.1 Å². The molecule has 0 amide bonds. The van der Waals surface area contributed by atoms with Crippen LogP contribution in [0.4, 0.5) is 9.59 Å². The summed E-state index contributed by atoms with van der Waals surface area (Å²) in [6.45, 7) is 8.37. The summed E-state index contributed by atoms with van der Waals surface area (Å²) in [5.41, 5.74) is -0.723. The zero-order valence-electron chi connectivity index (χ0n) is 11.0. The molecular weight excluding hydrogens is 264 g/mol. The van der Waals surface area contributed by atoms with Crippen molar-refractivity contribution in [2.24, 2.45) is 11.8 Å². The molecule has 18 heavy (non-hydrogen) atoms. The Morgan fingerprint density at radius 3 is 1.78 bits per heavy atom. The molecule has 0 aromatic heterocycles. The van der Waals surface area contributed by atoms with Crippen molar-refractivity contribution in [2.45, 2.75) is 27.7 Å². The van der Waals surface area contributed by atoms with Crippen LogP contribution in [0.25, 0.3) is 0 Å². The van der Waals surface area contributed by atoms with Gasteiger partial charge in [-0.25, -0.2) is 9.59 Å². The highest BCUT2D eigenvalue weighted by Crippen LogP contribution is 1.95. The van der Waals surface area contributed by atoms with E-state index in [0.29, 0.717) is 12.5 Å². The highest BCUT2D eigenvalue weighted by atomic mass is 35.5. The highest BCUT2D eigenvalue weighted by molar-refractivity contribution is 6.61. The van der Waals surface area contributed by atoms with Crippen LogP contribution in [0.1, 0.15) is 27.7 Å². The SMILES string of the molecule is CC(C)COC(=O)Cl.CC(C)COC(=O)OC=O. The van der Waals surface area contributed by atoms with Crippen LogP contribution in [0.2, 0.25) is 0 Å². The predicted molar refractivity (Wildman–Crippen MR) is 65.4 cm³/mol. The first-order valence-electron chi connectivity index (χ1n) is 5.38. The van der Waals surface area contributed by atoms with Crippen molar-refractivity contribution in [3.63, 3.8) is 0 Å². The lowest BCUT2D eigenvalue weighted by atomic mass is 10.2. The minimum absolute atomic E-state index is 0.0443. The number of carbonyl (C=O) groups excluding carboxylic acids is 3. The lowest BCUT2D eigenvalue weighted by molar-refractivity contribution is -0.125. The van der Waals surface area contributed by atoms with Crippen molar-refractivity contribution >= 4 is 29.7 Å². The molecule has 106 valence electrons. The van der Waals surface area contributed by atoms with Crippen LogP contribution < -0.4 is 0 Å².